The van der Waals surface area contributed by atoms with Gasteiger partial charge < -0.3 is 12.6 Å². The smallest absolute Gasteiger partial charge is 0.779 e. The Morgan fingerprint density at radius 3 is 2.20 bits per heavy atom. The van der Waals surface area contributed by atoms with Gasteiger partial charge in [-0.15, -0.1) is 29.8 Å². The first-order valence-electron chi connectivity index (χ1n) is 10.5. The molecule has 4 aromatic rings. The number of alkyl halides is 3. The van der Waals surface area contributed by atoms with Crippen LogP contribution in [0.3, 0.4) is 0 Å². The van der Waals surface area contributed by atoms with Crippen LogP contribution in [0.4, 0.5) is 13.2 Å². The SMILES string of the molecule is CC(C)(C)c1cc(-c2[c-]ccc(C(F)(F)F)c2)nc(-c2cccc(Sc3ccccc3[S-])n2)c1.[Pt+2]. The summed E-state index contributed by atoms with van der Waals surface area (Å²) in [6.45, 7) is 6.14. The van der Waals surface area contributed by atoms with Crippen molar-refractivity contribution in [3.05, 3.63) is 90.0 Å². The second-order valence-electron chi connectivity index (χ2n) is 8.77. The van der Waals surface area contributed by atoms with Crippen molar-refractivity contribution in [3.8, 4) is 22.6 Å². The molecule has 0 saturated heterocycles. The van der Waals surface area contributed by atoms with Crippen LogP contribution in [0.25, 0.3) is 22.6 Å². The average molecular weight is 690 g/mol. The zero-order chi connectivity index (χ0) is 24.5. The first-order valence-corrected chi connectivity index (χ1v) is 11.8. The fourth-order valence-corrected chi connectivity index (χ4v) is 4.39. The predicted molar refractivity (Wildman–Crippen MR) is 132 cm³/mol. The van der Waals surface area contributed by atoms with Gasteiger partial charge in [0.05, 0.1) is 11.4 Å². The summed E-state index contributed by atoms with van der Waals surface area (Å²) in [7, 11) is 0. The van der Waals surface area contributed by atoms with Gasteiger partial charge in [-0.1, -0.05) is 62.9 Å². The Morgan fingerprint density at radius 1 is 0.800 bits per heavy atom. The molecule has 0 bridgehead atoms. The normalized spacial score (nSPS) is 11.7. The number of rotatable bonds is 4. The summed E-state index contributed by atoms with van der Waals surface area (Å²) >= 11 is 6.86. The van der Waals surface area contributed by atoms with Gasteiger partial charge in [0.15, 0.2) is 0 Å². The minimum absolute atomic E-state index is 0. The molecule has 2 nitrogen and oxygen atoms in total. The Labute approximate surface area is 227 Å². The van der Waals surface area contributed by atoms with Gasteiger partial charge in [0.2, 0.25) is 0 Å². The summed E-state index contributed by atoms with van der Waals surface area (Å²) in [5.41, 5.74) is 1.88. The Hall–Kier alpha value is -2.21. The fourth-order valence-electron chi connectivity index (χ4n) is 3.28. The molecule has 0 atom stereocenters. The van der Waals surface area contributed by atoms with E-state index in [4.69, 9.17) is 17.6 Å². The van der Waals surface area contributed by atoms with E-state index in [0.29, 0.717) is 17.1 Å². The summed E-state index contributed by atoms with van der Waals surface area (Å²) in [5, 5.41) is 0.755. The van der Waals surface area contributed by atoms with Crippen LogP contribution in [0.15, 0.2) is 87.6 Å². The quantitative estimate of drug-likeness (QED) is 0.160. The average Bonchev–Trinajstić information content (AvgIpc) is 2.79. The molecule has 0 unspecified atom stereocenters. The van der Waals surface area contributed by atoms with E-state index in [1.807, 2.05) is 75.4 Å². The first kappa shape index (κ1) is 27.4. The molecule has 0 aliphatic heterocycles. The number of hydrogen-bond donors (Lipinski definition) is 0. The van der Waals surface area contributed by atoms with Crippen molar-refractivity contribution in [1.29, 1.82) is 0 Å². The van der Waals surface area contributed by atoms with Crippen molar-refractivity contribution in [2.45, 2.75) is 47.2 Å². The van der Waals surface area contributed by atoms with Gasteiger partial charge in [0.25, 0.3) is 0 Å². The van der Waals surface area contributed by atoms with Crippen molar-refractivity contribution >= 4 is 24.4 Å². The number of nitrogens with zero attached hydrogens (tertiary/aromatic N) is 2. The maximum atomic E-state index is 13.3. The number of hydrogen-bond acceptors (Lipinski definition) is 4. The van der Waals surface area contributed by atoms with E-state index in [1.54, 1.807) is 0 Å². The van der Waals surface area contributed by atoms with Crippen molar-refractivity contribution < 1.29 is 34.2 Å². The first-order chi connectivity index (χ1) is 16.0. The standard InChI is InChI=1S/C27H22F3N2S2.Pt/c1-26(2,3)19-15-21(17-8-6-9-18(14-17)27(28,29)30)31-22(16-19)20-10-7-13-25(32-20)34-24-12-5-4-11-23(24)33;/h4-7,9-16,33H,1-3H3;/q-1;+2/p-1. The van der Waals surface area contributed by atoms with Gasteiger partial charge in [-0.25, -0.2) is 4.98 Å². The zero-order valence-electron chi connectivity index (χ0n) is 19.1. The third-order valence-electron chi connectivity index (χ3n) is 5.15. The second-order valence-corrected chi connectivity index (χ2v) is 10.3. The number of halogens is 3. The van der Waals surface area contributed by atoms with E-state index < -0.39 is 11.7 Å². The van der Waals surface area contributed by atoms with Crippen LogP contribution in [-0.2, 0) is 45.3 Å². The summed E-state index contributed by atoms with van der Waals surface area (Å²) in [4.78, 5) is 11.1. The largest absolute Gasteiger partial charge is 2.00 e. The maximum absolute atomic E-state index is 13.3. The third kappa shape index (κ3) is 6.72. The molecule has 0 radical (unpaired) electrons. The van der Waals surface area contributed by atoms with E-state index >= 15 is 0 Å². The molecule has 0 N–H and O–H groups in total. The molecule has 2 aromatic heterocycles. The van der Waals surface area contributed by atoms with Crippen molar-refractivity contribution in [3.63, 3.8) is 0 Å². The molecular weight excluding hydrogens is 669 g/mol. The molecule has 8 heteroatoms. The molecule has 182 valence electrons. The minimum Gasteiger partial charge on any atom is -0.779 e. The van der Waals surface area contributed by atoms with Crippen LogP contribution >= 0.6 is 11.8 Å². The molecule has 0 spiro atoms. The van der Waals surface area contributed by atoms with Crippen molar-refractivity contribution in [1.82, 2.24) is 9.97 Å². The molecule has 35 heavy (non-hydrogen) atoms. The van der Waals surface area contributed by atoms with Crippen LogP contribution in [0.5, 0.6) is 0 Å². The van der Waals surface area contributed by atoms with Crippen LogP contribution in [-0.4, -0.2) is 9.97 Å². The van der Waals surface area contributed by atoms with Gasteiger partial charge in [-0.05, 0) is 51.4 Å². The minimum atomic E-state index is -4.44. The predicted octanol–water partition coefficient (Wildman–Crippen LogP) is 7.98. The maximum Gasteiger partial charge on any atom is 2.00 e. The molecule has 0 saturated carbocycles. The van der Waals surface area contributed by atoms with Gasteiger partial charge in [-0.3, -0.25) is 4.98 Å². The van der Waals surface area contributed by atoms with Crippen LogP contribution in [0.2, 0.25) is 0 Å². The molecule has 0 amide bonds. The Kier molecular flexibility index (Phi) is 8.46. The number of benzene rings is 2. The molecule has 0 aliphatic rings. The van der Waals surface area contributed by atoms with E-state index in [1.165, 1.54) is 17.8 Å². The Bertz CT molecular complexity index is 1330. The molecule has 0 fully saturated rings. The third-order valence-corrected chi connectivity index (χ3v) is 6.64. The Morgan fingerprint density at radius 2 is 1.51 bits per heavy atom. The summed E-state index contributed by atoms with van der Waals surface area (Å²) < 4.78 is 39.9. The van der Waals surface area contributed by atoms with Crippen LogP contribution in [0, 0.1) is 6.07 Å². The van der Waals surface area contributed by atoms with Crippen molar-refractivity contribution in [2.24, 2.45) is 0 Å². The summed E-state index contributed by atoms with van der Waals surface area (Å²) in [6, 6.07) is 23.3. The van der Waals surface area contributed by atoms with Gasteiger partial charge in [-0.2, -0.15) is 18.1 Å². The molecule has 2 heterocycles. The zero-order valence-corrected chi connectivity index (χ0v) is 23.0. The van der Waals surface area contributed by atoms with E-state index in [-0.39, 0.29) is 32.0 Å². The Balaban J connectivity index is 0.00000342. The van der Waals surface area contributed by atoms with Crippen LogP contribution in [0.1, 0.15) is 31.9 Å². The molecule has 4 rings (SSSR count). The van der Waals surface area contributed by atoms with Gasteiger partial charge in [0, 0.05) is 0 Å². The monoisotopic (exact) mass is 689 g/mol. The second kappa shape index (κ2) is 10.8. The number of pyridine rings is 2. The van der Waals surface area contributed by atoms with Crippen LogP contribution < -0.4 is 0 Å². The molecule has 2 aromatic carbocycles. The van der Waals surface area contributed by atoms with E-state index in [0.717, 1.165) is 32.5 Å². The summed E-state index contributed by atoms with van der Waals surface area (Å²) in [6.07, 6.45) is -4.44. The van der Waals surface area contributed by atoms with E-state index in [9.17, 15) is 13.2 Å². The van der Waals surface area contributed by atoms with Crippen molar-refractivity contribution in [2.75, 3.05) is 0 Å². The molecular formula is C27H21F3N2PtS2. The van der Waals surface area contributed by atoms with Gasteiger partial charge >= 0.3 is 27.2 Å². The van der Waals surface area contributed by atoms with Gasteiger partial charge in [0.1, 0.15) is 5.03 Å². The summed E-state index contributed by atoms with van der Waals surface area (Å²) in [5.74, 6) is 0. The van der Waals surface area contributed by atoms with E-state index in [2.05, 4.69) is 11.1 Å². The topological polar surface area (TPSA) is 25.8 Å². The molecule has 0 aliphatic carbocycles. The number of aromatic nitrogens is 2. The fraction of sp³-hybridized carbons (Fsp3) is 0.185.